The van der Waals surface area contributed by atoms with Crippen molar-refractivity contribution in [2.45, 2.75) is 63.6 Å². The van der Waals surface area contributed by atoms with E-state index in [4.69, 9.17) is 9.94 Å². The van der Waals surface area contributed by atoms with Crippen molar-refractivity contribution in [3.05, 3.63) is 0 Å². The van der Waals surface area contributed by atoms with Gasteiger partial charge >= 0.3 is 5.97 Å². The quantitative estimate of drug-likeness (QED) is 0.399. The molecule has 0 aromatic heterocycles. The monoisotopic (exact) mass is 349 g/mol. The minimum Gasteiger partial charge on any atom is -0.481 e. The van der Waals surface area contributed by atoms with Crippen LogP contribution in [-0.2, 0) is 9.63 Å². The molecule has 0 aliphatic heterocycles. The molecule has 0 heterocycles. The molecule has 3 aliphatic rings. The topological polar surface area (TPSA) is 99.4 Å². The number of fused-ring (bicyclic) bond motifs is 1. The van der Waals surface area contributed by atoms with Gasteiger partial charge in [-0.2, -0.15) is 0 Å². The van der Waals surface area contributed by atoms with Gasteiger partial charge < -0.3 is 20.2 Å². The highest BCUT2D eigenvalue weighted by Crippen LogP contribution is 2.48. The van der Waals surface area contributed by atoms with E-state index < -0.39 is 18.2 Å². The van der Waals surface area contributed by atoms with E-state index in [9.17, 15) is 15.0 Å². The Bertz CT molecular complexity index is 572. The molecule has 138 valence electrons. The van der Waals surface area contributed by atoms with Crippen LogP contribution in [0.4, 0.5) is 0 Å². The number of aliphatic hydroxyl groups is 2. The molecule has 3 aliphatic carbocycles. The zero-order valence-electron chi connectivity index (χ0n) is 14.4. The highest BCUT2D eigenvalue weighted by Gasteiger charge is 2.51. The molecular weight excluding hydrogens is 322 g/mol. The molecule has 0 spiro atoms. The van der Waals surface area contributed by atoms with Gasteiger partial charge in [-0.25, -0.2) is 0 Å². The van der Waals surface area contributed by atoms with Crippen LogP contribution in [0.1, 0.15) is 51.4 Å². The van der Waals surface area contributed by atoms with Crippen LogP contribution >= 0.6 is 0 Å². The Morgan fingerprint density at radius 1 is 1.32 bits per heavy atom. The molecule has 0 aromatic rings. The molecule has 6 heteroatoms. The fourth-order valence-electron chi connectivity index (χ4n) is 4.27. The molecule has 0 amide bonds. The third-order valence-corrected chi connectivity index (χ3v) is 5.85. The fraction of sp³-hybridized carbons (Fsp3) is 0.789. The summed E-state index contributed by atoms with van der Waals surface area (Å²) in [5, 5.41) is 33.3. The summed E-state index contributed by atoms with van der Waals surface area (Å²) in [6.07, 6.45) is 5.95. The molecule has 3 N–H and O–H groups in total. The Balaban J connectivity index is 1.50. The zero-order valence-corrected chi connectivity index (χ0v) is 14.4. The first-order valence-corrected chi connectivity index (χ1v) is 9.34. The lowest BCUT2D eigenvalue weighted by atomic mass is 9.73. The van der Waals surface area contributed by atoms with Crippen LogP contribution in [0.3, 0.4) is 0 Å². The first-order valence-electron chi connectivity index (χ1n) is 9.34. The van der Waals surface area contributed by atoms with Gasteiger partial charge in [0.05, 0.1) is 18.2 Å². The highest BCUT2D eigenvalue weighted by molar-refractivity contribution is 5.93. The number of carboxylic acids is 1. The maximum absolute atomic E-state index is 10.4. The molecule has 0 aromatic carbocycles. The summed E-state index contributed by atoms with van der Waals surface area (Å²) in [6.45, 7) is 0.0651. The second kappa shape index (κ2) is 8.20. The van der Waals surface area contributed by atoms with Crippen molar-refractivity contribution in [3.8, 4) is 11.8 Å². The lowest BCUT2D eigenvalue weighted by molar-refractivity contribution is -0.138. The first kappa shape index (κ1) is 18.2. The van der Waals surface area contributed by atoms with Gasteiger partial charge in [-0.15, -0.1) is 0 Å². The maximum Gasteiger partial charge on any atom is 0.306 e. The average Bonchev–Trinajstić information content (AvgIpc) is 2.83. The predicted octanol–water partition coefficient (Wildman–Crippen LogP) is 1.80. The summed E-state index contributed by atoms with van der Waals surface area (Å²) in [7, 11) is 0. The Hall–Kier alpha value is -1.58. The van der Waals surface area contributed by atoms with Gasteiger partial charge in [-0.3, -0.25) is 4.79 Å². The van der Waals surface area contributed by atoms with Crippen LogP contribution in [0, 0.1) is 35.5 Å². The molecule has 3 fully saturated rings. The van der Waals surface area contributed by atoms with Crippen LogP contribution in [0.5, 0.6) is 0 Å². The number of aliphatic hydroxyl groups excluding tert-OH is 2. The van der Waals surface area contributed by atoms with E-state index in [1.165, 1.54) is 19.3 Å². The maximum atomic E-state index is 10.4. The minimum atomic E-state index is -0.908. The SMILES string of the molecule is O=C(O)CCON=C1CC2C1CC(C#CC(O)C1CCCCC1)C2O. The molecule has 25 heavy (non-hydrogen) atoms. The fourth-order valence-corrected chi connectivity index (χ4v) is 4.27. The van der Waals surface area contributed by atoms with E-state index in [1.807, 2.05) is 0 Å². The summed E-state index contributed by atoms with van der Waals surface area (Å²) in [4.78, 5) is 15.5. The number of aliphatic carboxylic acids is 1. The normalized spacial score (nSPS) is 34.6. The Kier molecular flexibility index (Phi) is 5.98. The standard InChI is InChI=1S/C19H27NO5/c21-17(12-4-2-1-3-5-12)7-6-13-10-14-15(19(13)24)11-16(14)20-25-9-8-18(22)23/h12-15,17,19,21,24H,1-5,8-11H2,(H,22,23). The molecule has 0 bridgehead atoms. The van der Waals surface area contributed by atoms with Gasteiger partial charge in [-0.1, -0.05) is 36.3 Å². The van der Waals surface area contributed by atoms with Crippen LogP contribution in [-0.4, -0.2) is 45.8 Å². The van der Waals surface area contributed by atoms with Crippen LogP contribution in [0.2, 0.25) is 0 Å². The summed E-state index contributed by atoms with van der Waals surface area (Å²) in [5.41, 5.74) is 0.895. The number of carboxylic acid groups (broad SMARTS) is 1. The molecule has 5 unspecified atom stereocenters. The van der Waals surface area contributed by atoms with E-state index in [0.717, 1.165) is 25.0 Å². The number of oxime groups is 1. The number of nitrogens with zero attached hydrogens (tertiary/aromatic N) is 1. The third-order valence-electron chi connectivity index (χ3n) is 5.85. The number of hydrogen-bond donors (Lipinski definition) is 3. The third kappa shape index (κ3) is 4.34. The molecule has 3 saturated carbocycles. The van der Waals surface area contributed by atoms with Crippen molar-refractivity contribution in [1.29, 1.82) is 0 Å². The average molecular weight is 349 g/mol. The molecule has 5 atom stereocenters. The van der Waals surface area contributed by atoms with Gasteiger partial charge in [0.1, 0.15) is 12.7 Å². The molecule has 6 nitrogen and oxygen atoms in total. The second-order valence-corrected chi connectivity index (χ2v) is 7.50. The lowest BCUT2D eigenvalue weighted by Crippen LogP contribution is -2.38. The molecule has 3 rings (SSSR count). The van der Waals surface area contributed by atoms with Crippen molar-refractivity contribution in [2.24, 2.45) is 28.8 Å². The summed E-state index contributed by atoms with van der Waals surface area (Å²) < 4.78 is 0. The molecular formula is C19H27NO5. The van der Waals surface area contributed by atoms with Gasteiger partial charge in [0.25, 0.3) is 0 Å². The Morgan fingerprint density at radius 3 is 2.80 bits per heavy atom. The number of carbonyl (C=O) groups is 1. The van der Waals surface area contributed by atoms with E-state index in [-0.39, 0.29) is 36.7 Å². The van der Waals surface area contributed by atoms with Crippen molar-refractivity contribution >= 4 is 11.7 Å². The largest absolute Gasteiger partial charge is 0.481 e. The van der Waals surface area contributed by atoms with Crippen molar-refractivity contribution < 1.29 is 25.0 Å². The summed E-state index contributed by atoms with van der Waals surface area (Å²) in [6, 6.07) is 0. The first-order chi connectivity index (χ1) is 12.1. The zero-order chi connectivity index (χ0) is 17.8. The van der Waals surface area contributed by atoms with Gasteiger partial charge in [-0.05, 0) is 37.5 Å². The van der Waals surface area contributed by atoms with Crippen LogP contribution in [0.15, 0.2) is 5.16 Å². The van der Waals surface area contributed by atoms with Crippen molar-refractivity contribution in [2.75, 3.05) is 6.61 Å². The second-order valence-electron chi connectivity index (χ2n) is 7.50. The smallest absolute Gasteiger partial charge is 0.306 e. The minimum absolute atomic E-state index is 0.0651. The molecule has 0 radical (unpaired) electrons. The summed E-state index contributed by atoms with van der Waals surface area (Å²) >= 11 is 0. The van der Waals surface area contributed by atoms with E-state index in [2.05, 4.69) is 17.0 Å². The lowest BCUT2D eigenvalue weighted by Gasteiger charge is -2.33. The van der Waals surface area contributed by atoms with Crippen molar-refractivity contribution in [1.82, 2.24) is 0 Å². The number of rotatable bonds is 5. The Morgan fingerprint density at radius 2 is 2.08 bits per heavy atom. The van der Waals surface area contributed by atoms with Crippen molar-refractivity contribution in [3.63, 3.8) is 0 Å². The van der Waals surface area contributed by atoms with E-state index in [0.29, 0.717) is 6.42 Å². The Labute approximate surface area is 148 Å². The van der Waals surface area contributed by atoms with Crippen LogP contribution in [0.25, 0.3) is 0 Å². The molecule has 0 saturated heterocycles. The van der Waals surface area contributed by atoms with Gasteiger partial charge in [0.2, 0.25) is 0 Å². The van der Waals surface area contributed by atoms with Gasteiger partial charge in [0, 0.05) is 11.8 Å². The highest BCUT2D eigenvalue weighted by atomic mass is 16.6. The van der Waals surface area contributed by atoms with E-state index in [1.54, 1.807) is 0 Å². The van der Waals surface area contributed by atoms with E-state index >= 15 is 0 Å². The van der Waals surface area contributed by atoms with Crippen LogP contribution < -0.4 is 0 Å². The number of hydrogen-bond acceptors (Lipinski definition) is 5. The summed E-state index contributed by atoms with van der Waals surface area (Å²) in [5.74, 6) is 5.66. The predicted molar refractivity (Wildman–Crippen MR) is 91.7 cm³/mol. The van der Waals surface area contributed by atoms with Gasteiger partial charge in [0.15, 0.2) is 0 Å².